The smallest absolute Gasteiger partial charge is 0.296 e. The molecule has 0 amide bonds. The lowest BCUT2D eigenvalue weighted by Crippen LogP contribution is -2.35. The maximum absolute atomic E-state index is 13.2. The summed E-state index contributed by atoms with van der Waals surface area (Å²) in [6.07, 6.45) is 4.02. The monoisotopic (exact) mass is 492 g/mol. The molecular weight excluding hydrogens is 464 g/mol. The summed E-state index contributed by atoms with van der Waals surface area (Å²) in [5.41, 5.74) is -0.148. The number of ether oxygens (including phenoxy) is 1. The molecule has 0 unspecified atom stereocenters. The van der Waals surface area contributed by atoms with Gasteiger partial charge in [0.05, 0.1) is 30.3 Å². The number of aromatic nitrogens is 5. The van der Waals surface area contributed by atoms with Gasteiger partial charge >= 0.3 is 0 Å². The highest BCUT2D eigenvalue weighted by molar-refractivity contribution is 7.89. The van der Waals surface area contributed by atoms with E-state index in [-0.39, 0.29) is 40.9 Å². The minimum absolute atomic E-state index is 0.0736. The summed E-state index contributed by atoms with van der Waals surface area (Å²) in [5.74, 6) is 1.22. The van der Waals surface area contributed by atoms with Crippen LogP contribution in [0.3, 0.4) is 0 Å². The molecule has 13 heteroatoms. The number of hydrogen-bond acceptors (Lipinski definition) is 9. The van der Waals surface area contributed by atoms with Crippen molar-refractivity contribution in [1.82, 2.24) is 29.1 Å². The van der Waals surface area contributed by atoms with Crippen LogP contribution in [0.25, 0.3) is 17.0 Å². The first-order valence-corrected chi connectivity index (χ1v) is 12.7. The highest BCUT2D eigenvalue weighted by Gasteiger charge is 2.27. The molecule has 0 saturated heterocycles. The third-order valence-corrected chi connectivity index (χ3v) is 7.76. The molecule has 2 aromatic heterocycles. The average molecular weight is 493 g/mol. The predicted octanol–water partition coefficient (Wildman–Crippen LogP) is 0.511. The number of aliphatic hydroxyl groups is 2. The molecule has 0 aliphatic heterocycles. The first kappa shape index (κ1) is 24.3. The molecule has 184 valence electrons. The molecule has 3 aromatic rings. The van der Waals surface area contributed by atoms with Crippen molar-refractivity contribution in [2.24, 2.45) is 0 Å². The summed E-state index contributed by atoms with van der Waals surface area (Å²) in [6, 6.07) is 4.24. The number of benzene rings is 1. The van der Waals surface area contributed by atoms with E-state index in [1.54, 1.807) is 6.92 Å². The lowest BCUT2D eigenvalue weighted by atomic mass is 10.1. The number of sulfonamides is 1. The normalized spacial score (nSPS) is 14.9. The lowest BCUT2D eigenvalue weighted by Gasteiger charge is -2.21. The maximum atomic E-state index is 13.2. The second-order valence-corrected chi connectivity index (χ2v) is 9.96. The summed E-state index contributed by atoms with van der Waals surface area (Å²) in [6.45, 7) is 0.969. The fourth-order valence-corrected chi connectivity index (χ4v) is 5.69. The van der Waals surface area contributed by atoms with Crippen LogP contribution in [0.4, 0.5) is 0 Å². The van der Waals surface area contributed by atoms with E-state index >= 15 is 0 Å². The maximum Gasteiger partial charge on any atom is 0.296 e. The van der Waals surface area contributed by atoms with Crippen LogP contribution in [-0.4, -0.2) is 80.6 Å². The lowest BCUT2D eigenvalue weighted by molar-refractivity contribution is 0.217. The molecule has 12 nitrogen and oxygen atoms in total. The van der Waals surface area contributed by atoms with Gasteiger partial charge in [-0.2, -0.15) is 8.82 Å². The van der Waals surface area contributed by atoms with Gasteiger partial charge in [0.2, 0.25) is 15.7 Å². The Kier molecular flexibility index (Phi) is 7.26. The van der Waals surface area contributed by atoms with Gasteiger partial charge in [-0.1, -0.05) is 12.8 Å². The number of nitrogens with zero attached hydrogens (tertiary/aromatic N) is 5. The van der Waals surface area contributed by atoms with Crippen LogP contribution in [0.2, 0.25) is 0 Å². The highest BCUT2D eigenvalue weighted by atomic mass is 32.2. The van der Waals surface area contributed by atoms with Gasteiger partial charge < -0.3 is 19.9 Å². The van der Waals surface area contributed by atoms with Gasteiger partial charge in [0.15, 0.2) is 11.6 Å². The Morgan fingerprint density at radius 2 is 1.88 bits per heavy atom. The molecule has 1 saturated carbocycles. The number of rotatable bonds is 10. The number of H-pyrrole nitrogens is 1. The predicted molar refractivity (Wildman–Crippen MR) is 122 cm³/mol. The molecule has 1 fully saturated rings. The van der Waals surface area contributed by atoms with Gasteiger partial charge in [-0.3, -0.25) is 4.79 Å². The first-order valence-electron chi connectivity index (χ1n) is 11.3. The van der Waals surface area contributed by atoms with E-state index in [1.807, 2.05) is 0 Å². The largest absolute Gasteiger partial charge is 0.493 e. The molecule has 1 aliphatic rings. The summed E-state index contributed by atoms with van der Waals surface area (Å²) >= 11 is 0. The van der Waals surface area contributed by atoms with Gasteiger partial charge in [0.1, 0.15) is 5.75 Å². The quantitative estimate of drug-likeness (QED) is 0.366. The van der Waals surface area contributed by atoms with E-state index in [1.165, 1.54) is 22.7 Å². The van der Waals surface area contributed by atoms with Crippen LogP contribution in [0.15, 0.2) is 27.9 Å². The third-order valence-electron chi connectivity index (χ3n) is 5.86. The van der Waals surface area contributed by atoms with E-state index < -0.39 is 28.8 Å². The highest BCUT2D eigenvalue weighted by Crippen LogP contribution is 2.34. The molecule has 2 heterocycles. The summed E-state index contributed by atoms with van der Waals surface area (Å²) in [5, 5.41) is 31.3. The Hall–Kier alpha value is -2.87. The molecule has 1 aromatic carbocycles. The van der Waals surface area contributed by atoms with E-state index in [4.69, 9.17) is 4.74 Å². The van der Waals surface area contributed by atoms with Crippen molar-refractivity contribution in [3.05, 3.63) is 34.4 Å². The topological polar surface area (TPSA) is 163 Å². The van der Waals surface area contributed by atoms with Gasteiger partial charge in [-0.15, -0.1) is 15.3 Å². The second-order valence-electron chi connectivity index (χ2n) is 8.02. The zero-order chi connectivity index (χ0) is 24.3. The van der Waals surface area contributed by atoms with Crippen molar-refractivity contribution >= 4 is 15.7 Å². The number of aliphatic hydroxyl groups excluding tert-OH is 2. The van der Waals surface area contributed by atoms with Crippen LogP contribution in [-0.2, 0) is 10.0 Å². The Bertz CT molecular complexity index is 1310. The summed E-state index contributed by atoms with van der Waals surface area (Å²) < 4.78 is 34.5. The van der Waals surface area contributed by atoms with Crippen molar-refractivity contribution in [3.8, 4) is 17.1 Å². The van der Waals surface area contributed by atoms with Crippen LogP contribution in [0.1, 0.15) is 44.3 Å². The SMILES string of the molecule is CCOc1ccc(S(=O)(=O)N(CCO)CCO)cc1-c1nn2c(C3CCCC3)nnc2c(=O)[nH]1. The zero-order valence-electron chi connectivity index (χ0n) is 18.8. The van der Waals surface area contributed by atoms with Crippen LogP contribution >= 0.6 is 0 Å². The van der Waals surface area contributed by atoms with Crippen LogP contribution < -0.4 is 10.3 Å². The van der Waals surface area contributed by atoms with Crippen molar-refractivity contribution < 1.29 is 23.4 Å². The fraction of sp³-hybridized carbons (Fsp3) is 0.524. The average Bonchev–Trinajstić information content (AvgIpc) is 3.49. The third kappa shape index (κ3) is 4.56. The van der Waals surface area contributed by atoms with E-state index in [2.05, 4.69) is 20.3 Å². The standard InChI is InChI=1S/C21H28N6O6S/c1-2-33-17-8-7-15(34(31,32)26(9-11-28)10-12-29)13-16(17)18-22-21(30)20-24-23-19(27(20)25-18)14-5-3-4-6-14/h7-8,13-14,28-29H,2-6,9-12H2,1H3,(H,22,25,30). The van der Waals surface area contributed by atoms with Gasteiger partial charge in [-0.25, -0.2) is 8.42 Å². The fourth-order valence-electron chi connectivity index (χ4n) is 4.24. The van der Waals surface area contributed by atoms with E-state index in [0.717, 1.165) is 30.0 Å². The summed E-state index contributed by atoms with van der Waals surface area (Å²) in [4.78, 5) is 15.4. The minimum Gasteiger partial charge on any atom is -0.493 e. The minimum atomic E-state index is -4.04. The van der Waals surface area contributed by atoms with Gasteiger partial charge in [0, 0.05) is 19.0 Å². The number of nitrogens with one attached hydrogen (secondary N) is 1. The first-order chi connectivity index (χ1) is 16.4. The van der Waals surface area contributed by atoms with Crippen molar-refractivity contribution in [3.63, 3.8) is 0 Å². The molecule has 1 aliphatic carbocycles. The molecule has 0 bridgehead atoms. The van der Waals surface area contributed by atoms with Crippen molar-refractivity contribution in [2.75, 3.05) is 32.9 Å². The Labute approximate surface area is 196 Å². The van der Waals surface area contributed by atoms with Crippen molar-refractivity contribution in [1.29, 1.82) is 0 Å². The Morgan fingerprint density at radius 1 is 1.18 bits per heavy atom. The zero-order valence-corrected chi connectivity index (χ0v) is 19.7. The molecule has 4 rings (SSSR count). The number of fused-ring (bicyclic) bond motifs is 1. The van der Waals surface area contributed by atoms with Crippen LogP contribution in [0.5, 0.6) is 5.75 Å². The van der Waals surface area contributed by atoms with E-state index in [9.17, 15) is 23.4 Å². The van der Waals surface area contributed by atoms with Gasteiger partial charge in [-0.05, 0) is 38.0 Å². The van der Waals surface area contributed by atoms with Crippen LogP contribution in [0, 0.1) is 0 Å². The molecule has 0 atom stereocenters. The molecular formula is C21H28N6O6S. The Morgan fingerprint density at radius 3 is 2.53 bits per heavy atom. The Balaban J connectivity index is 1.86. The molecule has 3 N–H and O–H groups in total. The van der Waals surface area contributed by atoms with E-state index in [0.29, 0.717) is 18.2 Å². The number of aromatic amines is 1. The van der Waals surface area contributed by atoms with Gasteiger partial charge in [0.25, 0.3) is 5.56 Å². The molecule has 0 radical (unpaired) electrons. The molecule has 0 spiro atoms. The summed E-state index contributed by atoms with van der Waals surface area (Å²) in [7, 11) is -4.04. The second kappa shape index (κ2) is 10.2. The number of hydrogen-bond donors (Lipinski definition) is 3. The molecule has 34 heavy (non-hydrogen) atoms. The van der Waals surface area contributed by atoms with Crippen molar-refractivity contribution in [2.45, 2.75) is 43.4 Å².